The van der Waals surface area contributed by atoms with E-state index in [1.54, 1.807) is 54.6 Å². The Morgan fingerprint density at radius 1 is 0.761 bits per heavy atom. The van der Waals surface area contributed by atoms with Gasteiger partial charge < -0.3 is 44.3 Å². The van der Waals surface area contributed by atoms with E-state index in [9.17, 15) is 29.1 Å². The van der Waals surface area contributed by atoms with Gasteiger partial charge in [0, 0.05) is 9.26 Å². The number of hydrogen-bond acceptors (Lipinski definition) is 13. The first kappa shape index (κ1) is 47.6. The Bertz CT molecular complexity index is 2890. The largest absolute Gasteiger partial charge is 0.491 e. The minimum atomic E-state index is -1.71. The maximum absolute atomic E-state index is 15.2. The number of esters is 3. The van der Waals surface area contributed by atoms with Gasteiger partial charge in [0.25, 0.3) is 0 Å². The maximum atomic E-state index is 15.2. The molecule has 9 atom stereocenters. The molecule has 0 aliphatic carbocycles. The number of amides is 3. The summed E-state index contributed by atoms with van der Waals surface area (Å²) in [5, 5.41) is 15.0. The first-order chi connectivity index (χ1) is 34.5. The molecule has 364 valence electrons. The molecular formula is C54H49IN4O12. The lowest BCUT2D eigenvalue weighted by Gasteiger charge is -2.46. The molecule has 0 radical (unpaired) electrons. The Morgan fingerprint density at radius 3 is 2.21 bits per heavy atom. The van der Waals surface area contributed by atoms with Crippen molar-refractivity contribution in [1.82, 2.24) is 15.1 Å². The highest BCUT2D eigenvalue weighted by molar-refractivity contribution is 14.1. The van der Waals surface area contributed by atoms with Crippen LogP contribution in [0.5, 0.6) is 11.5 Å². The Balaban J connectivity index is 0.968. The fourth-order valence-electron chi connectivity index (χ4n) is 11.3. The van der Waals surface area contributed by atoms with Gasteiger partial charge in [-0.1, -0.05) is 97.6 Å². The summed E-state index contributed by atoms with van der Waals surface area (Å²) in [4.78, 5) is 88.4. The van der Waals surface area contributed by atoms with Gasteiger partial charge in [0.1, 0.15) is 67.4 Å². The zero-order chi connectivity index (χ0) is 49.4. The Labute approximate surface area is 422 Å². The zero-order valence-electron chi connectivity index (χ0n) is 38.2. The smallest absolute Gasteiger partial charge is 0.325 e. The summed E-state index contributed by atoms with van der Waals surface area (Å²) in [5.74, 6) is -4.61. The third-order valence-electron chi connectivity index (χ3n) is 14.0. The minimum Gasteiger partial charge on any atom is -0.491 e. The molecule has 5 aromatic rings. The highest BCUT2D eigenvalue weighted by atomic mass is 127. The number of nitrogens with one attached hydrogen (secondary N) is 2. The number of rotatable bonds is 15. The molecule has 71 heavy (non-hydrogen) atoms. The van der Waals surface area contributed by atoms with Gasteiger partial charge in [0.15, 0.2) is 0 Å². The van der Waals surface area contributed by atoms with Gasteiger partial charge in [-0.2, -0.15) is 0 Å². The van der Waals surface area contributed by atoms with E-state index in [4.69, 9.17) is 23.7 Å². The van der Waals surface area contributed by atoms with Crippen LogP contribution < -0.4 is 20.1 Å². The van der Waals surface area contributed by atoms with Crippen LogP contribution in [0.4, 0.5) is 5.69 Å². The van der Waals surface area contributed by atoms with Crippen molar-refractivity contribution < 1.29 is 57.6 Å². The van der Waals surface area contributed by atoms with Crippen LogP contribution in [0.3, 0.4) is 0 Å². The fourth-order valence-corrected chi connectivity index (χ4v) is 11.8. The van der Waals surface area contributed by atoms with E-state index in [0.717, 1.165) is 14.7 Å². The number of piperazine rings is 1. The summed E-state index contributed by atoms with van der Waals surface area (Å²) in [7, 11) is 0. The molecule has 10 rings (SSSR count). The standard InChI is InChI=1S/C54H49IN4O12/c1-2-23-69-51(64)43-46-52(65)71-47(32-12-7-4-8-13-32)45(31-10-5-3-6-11-31)59(46)48(54(43)39-28-35(55)18-21-40(39)57-53(54)66)33-16-19-36(20-17-33)68-25-26-70-50(63)38-29-41-49(62)56-30-42(61)58(41)44(38)34-14-9-15-37(27-34)67-24-22-60/h2-21,27-28,38,41,43-48,60H,1,22-26,29-30H2,(H,56,62)(H,57,66)/t38-,41-,43+,44-,45+,46+,47-,48-,54+/m0/s1. The number of halogens is 1. The Hall–Kier alpha value is -7.09. The molecule has 0 aromatic heterocycles. The molecule has 0 saturated carbocycles. The molecule has 17 heteroatoms. The van der Waals surface area contributed by atoms with E-state index in [0.29, 0.717) is 33.9 Å². The second-order valence-electron chi connectivity index (χ2n) is 17.9. The monoisotopic (exact) mass is 1070 g/mol. The Morgan fingerprint density at radius 2 is 1.48 bits per heavy atom. The Kier molecular flexibility index (Phi) is 13.4. The predicted molar refractivity (Wildman–Crippen MR) is 263 cm³/mol. The van der Waals surface area contributed by atoms with E-state index in [-0.39, 0.29) is 57.8 Å². The molecule has 3 amide bonds. The lowest BCUT2D eigenvalue weighted by molar-refractivity contribution is -0.180. The first-order valence-corrected chi connectivity index (χ1v) is 24.4. The number of carbonyl (C=O) groups excluding carboxylic acids is 6. The number of aliphatic hydroxyl groups excluding tert-OH is 1. The second-order valence-corrected chi connectivity index (χ2v) is 19.1. The number of aliphatic hydroxyl groups is 1. The van der Waals surface area contributed by atoms with Crippen LogP contribution in [-0.4, -0.2) is 102 Å². The molecule has 5 aliphatic heterocycles. The van der Waals surface area contributed by atoms with Crippen molar-refractivity contribution in [3.05, 3.63) is 171 Å². The van der Waals surface area contributed by atoms with Crippen molar-refractivity contribution in [2.75, 3.05) is 44.9 Å². The highest BCUT2D eigenvalue weighted by Gasteiger charge is 2.74. The number of carbonyl (C=O) groups is 6. The van der Waals surface area contributed by atoms with Gasteiger partial charge >= 0.3 is 17.9 Å². The number of hydrogen-bond donors (Lipinski definition) is 3. The van der Waals surface area contributed by atoms with Gasteiger partial charge in [-0.05, 0) is 99.3 Å². The zero-order valence-corrected chi connectivity index (χ0v) is 40.3. The number of benzene rings is 5. The molecule has 5 aliphatic rings. The number of morpholine rings is 1. The summed E-state index contributed by atoms with van der Waals surface area (Å²) >= 11 is 2.18. The number of nitrogens with zero attached hydrogens (tertiary/aromatic N) is 2. The molecule has 5 aromatic carbocycles. The topological polar surface area (TPSA) is 199 Å². The number of ether oxygens (including phenoxy) is 5. The van der Waals surface area contributed by atoms with Gasteiger partial charge in [0.2, 0.25) is 17.7 Å². The van der Waals surface area contributed by atoms with Crippen molar-refractivity contribution in [3.63, 3.8) is 0 Å². The summed E-state index contributed by atoms with van der Waals surface area (Å²) in [6, 6.07) is 33.8. The summed E-state index contributed by atoms with van der Waals surface area (Å²) < 4.78 is 30.6. The number of cyclic esters (lactones) is 1. The molecule has 5 heterocycles. The number of fused-ring (bicyclic) bond motifs is 4. The van der Waals surface area contributed by atoms with Crippen LogP contribution in [0.25, 0.3) is 0 Å². The van der Waals surface area contributed by atoms with Crippen molar-refractivity contribution >= 4 is 63.9 Å². The van der Waals surface area contributed by atoms with E-state index in [1.165, 1.54) is 11.0 Å². The van der Waals surface area contributed by atoms with E-state index < -0.39 is 77.4 Å². The lowest BCUT2D eigenvalue weighted by Crippen LogP contribution is -2.56. The average molecular weight is 1070 g/mol. The maximum Gasteiger partial charge on any atom is 0.325 e. The van der Waals surface area contributed by atoms with Gasteiger partial charge in [-0.3, -0.25) is 33.7 Å². The summed E-state index contributed by atoms with van der Waals surface area (Å²) in [5.41, 5.74) is 2.05. The molecule has 1 spiro atoms. The van der Waals surface area contributed by atoms with Gasteiger partial charge in [0.05, 0.1) is 37.2 Å². The van der Waals surface area contributed by atoms with Crippen LogP contribution in [-0.2, 0) is 48.4 Å². The fraction of sp³-hybridized carbons (Fsp3) is 0.296. The average Bonchev–Trinajstić information content (AvgIpc) is 4.05. The van der Waals surface area contributed by atoms with Crippen molar-refractivity contribution in [2.45, 2.75) is 48.1 Å². The normalized spacial score (nSPS) is 26.4. The van der Waals surface area contributed by atoms with E-state index in [2.05, 4.69) is 39.8 Å². The van der Waals surface area contributed by atoms with Crippen LogP contribution >= 0.6 is 22.6 Å². The third kappa shape index (κ3) is 8.48. The molecular weight excluding hydrogens is 1020 g/mol. The SMILES string of the molecule is C=CCOC(=O)[C@H]1[C@@H]2C(=O)O[C@@H](c3ccccc3)[C@@H](c3ccccc3)N2[C@@H](c2ccc(OCCOC(=O)[C@H]3C[C@H]4C(=O)NCC(=O)N4[C@H]3c3cccc(OCCO)c3)cc2)[C@]12C(=O)Nc1ccc(I)cc12. The first-order valence-electron chi connectivity index (χ1n) is 23.3. The molecule has 3 N–H and O–H groups in total. The van der Waals surface area contributed by atoms with Gasteiger partial charge in [-0.15, -0.1) is 0 Å². The van der Waals surface area contributed by atoms with Crippen molar-refractivity contribution in [1.29, 1.82) is 0 Å². The third-order valence-corrected chi connectivity index (χ3v) is 14.7. The second kappa shape index (κ2) is 20.0. The lowest BCUT2D eigenvalue weighted by atomic mass is 9.65. The van der Waals surface area contributed by atoms with Crippen molar-refractivity contribution in [2.24, 2.45) is 11.8 Å². The minimum absolute atomic E-state index is 0.0507. The highest BCUT2D eigenvalue weighted by Crippen LogP contribution is 2.65. The molecule has 4 fully saturated rings. The molecule has 4 saturated heterocycles. The van der Waals surface area contributed by atoms with Gasteiger partial charge in [-0.25, -0.2) is 0 Å². The van der Waals surface area contributed by atoms with Crippen LogP contribution in [0, 0.1) is 15.4 Å². The predicted octanol–water partition coefficient (Wildman–Crippen LogP) is 5.67. The van der Waals surface area contributed by atoms with Crippen LogP contribution in [0.2, 0.25) is 0 Å². The summed E-state index contributed by atoms with van der Waals surface area (Å²) in [6.07, 6.45) is 0.645. The van der Waals surface area contributed by atoms with E-state index >= 15 is 4.79 Å². The van der Waals surface area contributed by atoms with Crippen molar-refractivity contribution in [3.8, 4) is 11.5 Å². The van der Waals surface area contributed by atoms with E-state index in [1.807, 2.05) is 77.7 Å². The molecule has 0 unspecified atom stereocenters. The molecule has 0 bridgehead atoms. The quantitative estimate of drug-likeness (QED) is 0.0381. The number of anilines is 1. The summed E-state index contributed by atoms with van der Waals surface area (Å²) in [6.45, 7) is 3.01. The van der Waals surface area contributed by atoms with Crippen LogP contribution in [0.1, 0.15) is 58.5 Å². The molecule has 16 nitrogen and oxygen atoms in total. The van der Waals surface area contributed by atoms with Crippen LogP contribution in [0.15, 0.2) is 140 Å².